The number of nitrogens with two attached hydrogens (primary N) is 1. The van der Waals surface area contributed by atoms with Crippen molar-refractivity contribution in [2.24, 2.45) is 11.7 Å². The monoisotopic (exact) mass is 249 g/mol. The largest absolute Gasteiger partial charge is 0.377 e. The van der Waals surface area contributed by atoms with Gasteiger partial charge in [0.25, 0.3) is 0 Å². The minimum atomic E-state index is 0.0600. The third kappa shape index (κ3) is 3.82. The first-order valence-electron chi connectivity index (χ1n) is 6.89. The fourth-order valence-electron chi connectivity index (χ4n) is 2.53. The Hall–Kier alpha value is -0.860. The molecule has 0 amide bonds. The number of aryl methyl sites for hydroxylation is 2. The first-order valence-corrected chi connectivity index (χ1v) is 6.89. The van der Waals surface area contributed by atoms with E-state index >= 15 is 0 Å². The van der Waals surface area contributed by atoms with Crippen molar-refractivity contribution in [3.8, 4) is 0 Å². The van der Waals surface area contributed by atoms with Gasteiger partial charge in [0.15, 0.2) is 0 Å². The lowest BCUT2D eigenvalue weighted by Crippen LogP contribution is -2.42. The van der Waals surface area contributed by atoms with Gasteiger partial charge in [-0.3, -0.25) is 0 Å². The van der Waals surface area contributed by atoms with E-state index in [1.54, 1.807) is 0 Å². The standard InChI is InChI=1S/C16H27NO/c1-6-18-16(11(2)3)15(17)10-14-12(4)8-7-9-13(14)5/h7-9,11,15-16H,6,10,17H2,1-5H3. The van der Waals surface area contributed by atoms with E-state index in [-0.39, 0.29) is 12.1 Å². The number of benzene rings is 1. The Morgan fingerprint density at radius 1 is 1.17 bits per heavy atom. The molecule has 102 valence electrons. The van der Waals surface area contributed by atoms with Crippen LogP contribution in [0.2, 0.25) is 0 Å². The van der Waals surface area contributed by atoms with Gasteiger partial charge in [-0.2, -0.15) is 0 Å². The summed E-state index contributed by atoms with van der Waals surface area (Å²) in [6.07, 6.45) is 1.02. The average molecular weight is 249 g/mol. The molecule has 0 radical (unpaired) electrons. The molecule has 0 aromatic heterocycles. The number of hydrogen-bond acceptors (Lipinski definition) is 2. The third-order valence-corrected chi connectivity index (χ3v) is 3.52. The van der Waals surface area contributed by atoms with Gasteiger partial charge < -0.3 is 10.5 Å². The van der Waals surface area contributed by atoms with Gasteiger partial charge in [-0.15, -0.1) is 0 Å². The van der Waals surface area contributed by atoms with Gasteiger partial charge >= 0.3 is 0 Å². The molecule has 2 nitrogen and oxygen atoms in total. The van der Waals surface area contributed by atoms with Crippen molar-refractivity contribution in [3.05, 3.63) is 34.9 Å². The Kier molecular flexibility index (Phi) is 5.83. The zero-order valence-electron chi connectivity index (χ0n) is 12.4. The van der Waals surface area contributed by atoms with Gasteiger partial charge in [-0.1, -0.05) is 32.0 Å². The van der Waals surface area contributed by atoms with E-state index in [0.29, 0.717) is 5.92 Å². The highest BCUT2D eigenvalue weighted by Gasteiger charge is 2.22. The molecule has 0 saturated carbocycles. The maximum Gasteiger partial charge on any atom is 0.0751 e. The van der Waals surface area contributed by atoms with Crippen molar-refractivity contribution >= 4 is 0 Å². The highest BCUT2D eigenvalue weighted by atomic mass is 16.5. The lowest BCUT2D eigenvalue weighted by atomic mass is 9.90. The molecule has 0 bridgehead atoms. The van der Waals surface area contributed by atoms with Crippen molar-refractivity contribution in [1.29, 1.82) is 0 Å². The van der Waals surface area contributed by atoms with Crippen molar-refractivity contribution in [3.63, 3.8) is 0 Å². The summed E-state index contributed by atoms with van der Waals surface area (Å²) in [4.78, 5) is 0. The summed E-state index contributed by atoms with van der Waals surface area (Å²) in [6.45, 7) is 11.4. The van der Waals surface area contributed by atoms with Crippen LogP contribution in [0, 0.1) is 19.8 Å². The topological polar surface area (TPSA) is 35.2 Å². The molecule has 2 atom stereocenters. The molecule has 1 rings (SSSR count). The Morgan fingerprint density at radius 2 is 1.72 bits per heavy atom. The predicted molar refractivity (Wildman–Crippen MR) is 77.8 cm³/mol. The van der Waals surface area contributed by atoms with E-state index in [4.69, 9.17) is 10.5 Å². The fraction of sp³-hybridized carbons (Fsp3) is 0.625. The molecular weight excluding hydrogens is 222 g/mol. The van der Waals surface area contributed by atoms with E-state index in [9.17, 15) is 0 Å². The molecule has 0 heterocycles. The molecule has 0 aliphatic rings. The van der Waals surface area contributed by atoms with Crippen molar-refractivity contribution in [2.75, 3.05) is 6.61 Å². The van der Waals surface area contributed by atoms with E-state index in [1.165, 1.54) is 16.7 Å². The fourth-order valence-corrected chi connectivity index (χ4v) is 2.53. The van der Waals surface area contributed by atoms with Crippen LogP contribution in [-0.4, -0.2) is 18.8 Å². The zero-order valence-corrected chi connectivity index (χ0v) is 12.4. The molecule has 0 fully saturated rings. The zero-order chi connectivity index (χ0) is 13.7. The first kappa shape index (κ1) is 15.2. The van der Waals surface area contributed by atoms with Gasteiger partial charge in [0.2, 0.25) is 0 Å². The Morgan fingerprint density at radius 3 is 2.17 bits per heavy atom. The van der Waals surface area contributed by atoms with Crippen LogP contribution in [0.1, 0.15) is 37.5 Å². The SMILES string of the molecule is CCOC(C(C)C)C(N)Cc1c(C)cccc1C. The highest BCUT2D eigenvalue weighted by molar-refractivity contribution is 5.34. The Balaban J connectivity index is 2.82. The average Bonchev–Trinajstić information content (AvgIpc) is 2.30. The van der Waals surface area contributed by atoms with Gasteiger partial charge in [0, 0.05) is 12.6 Å². The van der Waals surface area contributed by atoms with Crippen LogP contribution < -0.4 is 5.73 Å². The summed E-state index contributed by atoms with van der Waals surface area (Å²) >= 11 is 0. The van der Waals surface area contributed by atoms with Gasteiger partial charge in [0.05, 0.1) is 6.10 Å². The molecule has 1 aromatic carbocycles. The van der Waals surface area contributed by atoms with Crippen LogP contribution in [0.15, 0.2) is 18.2 Å². The minimum absolute atomic E-state index is 0.0600. The van der Waals surface area contributed by atoms with Crippen LogP contribution in [0.5, 0.6) is 0 Å². The van der Waals surface area contributed by atoms with Crippen molar-refractivity contribution in [1.82, 2.24) is 0 Å². The molecule has 2 N–H and O–H groups in total. The maximum atomic E-state index is 6.35. The summed E-state index contributed by atoms with van der Waals surface area (Å²) in [5, 5.41) is 0. The molecule has 0 aliphatic heterocycles. The second-order valence-electron chi connectivity index (χ2n) is 5.40. The first-order chi connectivity index (χ1) is 8.47. The van der Waals surface area contributed by atoms with Crippen LogP contribution >= 0.6 is 0 Å². The summed E-state index contributed by atoms with van der Waals surface area (Å²) < 4.78 is 5.79. The maximum absolute atomic E-state index is 6.35. The lowest BCUT2D eigenvalue weighted by Gasteiger charge is -2.28. The number of ether oxygens (including phenoxy) is 1. The van der Waals surface area contributed by atoms with Crippen molar-refractivity contribution in [2.45, 2.75) is 53.2 Å². The number of hydrogen-bond donors (Lipinski definition) is 1. The van der Waals surface area contributed by atoms with E-state index < -0.39 is 0 Å². The minimum Gasteiger partial charge on any atom is -0.377 e. The van der Waals surface area contributed by atoms with E-state index in [0.717, 1.165) is 13.0 Å². The summed E-state index contributed by atoms with van der Waals surface area (Å²) in [5.41, 5.74) is 10.4. The highest BCUT2D eigenvalue weighted by Crippen LogP contribution is 2.19. The summed E-state index contributed by atoms with van der Waals surface area (Å²) in [7, 11) is 0. The Labute approximate surface area is 112 Å². The molecule has 1 aromatic rings. The number of rotatable bonds is 6. The molecule has 18 heavy (non-hydrogen) atoms. The van der Waals surface area contributed by atoms with Gasteiger partial charge in [0.1, 0.15) is 0 Å². The van der Waals surface area contributed by atoms with Crippen LogP contribution in [-0.2, 0) is 11.2 Å². The smallest absolute Gasteiger partial charge is 0.0751 e. The van der Waals surface area contributed by atoms with Gasteiger partial charge in [-0.25, -0.2) is 0 Å². The molecular formula is C16H27NO. The van der Waals surface area contributed by atoms with Crippen LogP contribution in [0.25, 0.3) is 0 Å². The second kappa shape index (κ2) is 6.91. The van der Waals surface area contributed by atoms with Crippen LogP contribution in [0.4, 0.5) is 0 Å². The Bertz CT molecular complexity index is 353. The van der Waals surface area contributed by atoms with Crippen LogP contribution in [0.3, 0.4) is 0 Å². The molecule has 2 heteroatoms. The lowest BCUT2D eigenvalue weighted by molar-refractivity contribution is 0.0127. The normalized spacial score (nSPS) is 14.8. The van der Waals surface area contributed by atoms with Gasteiger partial charge in [-0.05, 0) is 49.8 Å². The molecule has 0 spiro atoms. The summed E-state index contributed by atoms with van der Waals surface area (Å²) in [5.74, 6) is 0.448. The second-order valence-corrected chi connectivity index (χ2v) is 5.40. The predicted octanol–water partition coefficient (Wildman–Crippen LogP) is 3.23. The quantitative estimate of drug-likeness (QED) is 0.840. The molecule has 2 unspecified atom stereocenters. The molecule has 0 saturated heterocycles. The third-order valence-electron chi connectivity index (χ3n) is 3.52. The van der Waals surface area contributed by atoms with E-state index in [1.807, 2.05) is 6.92 Å². The summed E-state index contributed by atoms with van der Waals surface area (Å²) in [6, 6.07) is 6.47. The van der Waals surface area contributed by atoms with Crippen molar-refractivity contribution < 1.29 is 4.74 Å². The molecule has 0 aliphatic carbocycles. The van der Waals surface area contributed by atoms with E-state index in [2.05, 4.69) is 45.9 Å².